The van der Waals surface area contributed by atoms with E-state index in [1.165, 1.54) is 17.7 Å². The molecule has 0 bridgehead atoms. The number of piperazine rings is 1. The van der Waals surface area contributed by atoms with Crippen molar-refractivity contribution in [2.75, 3.05) is 51.2 Å². The standard InChI is InChI=1S/C22H38N4O2S/c1-20-9-8-12-22(19-20)26-17-15-25(16-18-26)14-7-6-13-23-29(27,28)24(2)21-10-4-3-5-11-21/h8-9,12,19,21,23H,3-7,10-11,13-18H2,1-2H3. The summed E-state index contributed by atoms with van der Waals surface area (Å²) in [4.78, 5) is 4.95. The molecule has 1 aliphatic carbocycles. The highest BCUT2D eigenvalue weighted by Crippen LogP contribution is 2.23. The lowest BCUT2D eigenvalue weighted by Crippen LogP contribution is -2.47. The molecule has 1 heterocycles. The molecule has 1 saturated heterocycles. The number of hydrogen-bond donors (Lipinski definition) is 1. The van der Waals surface area contributed by atoms with Crippen molar-refractivity contribution < 1.29 is 8.42 Å². The summed E-state index contributed by atoms with van der Waals surface area (Å²) in [5, 5.41) is 0. The second-order valence-electron chi connectivity index (χ2n) is 8.58. The van der Waals surface area contributed by atoms with Crippen LogP contribution >= 0.6 is 0 Å². The molecule has 1 aromatic carbocycles. The molecule has 2 aliphatic rings. The first-order valence-electron chi connectivity index (χ1n) is 11.2. The van der Waals surface area contributed by atoms with Gasteiger partial charge in [-0.1, -0.05) is 31.4 Å². The predicted molar refractivity (Wildman–Crippen MR) is 121 cm³/mol. The van der Waals surface area contributed by atoms with Crippen LogP contribution < -0.4 is 9.62 Å². The molecular weight excluding hydrogens is 384 g/mol. The van der Waals surface area contributed by atoms with E-state index in [0.29, 0.717) is 6.54 Å². The first kappa shape index (κ1) is 22.5. The van der Waals surface area contributed by atoms with Crippen molar-refractivity contribution in [3.8, 4) is 0 Å². The van der Waals surface area contributed by atoms with Crippen LogP contribution in [0.4, 0.5) is 5.69 Å². The maximum absolute atomic E-state index is 12.5. The number of anilines is 1. The van der Waals surface area contributed by atoms with Gasteiger partial charge in [0.2, 0.25) is 0 Å². The molecule has 1 aromatic rings. The Labute approximate surface area is 177 Å². The van der Waals surface area contributed by atoms with Crippen LogP contribution in [0.3, 0.4) is 0 Å². The number of aryl methyl sites for hydroxylation is 1. The van der Waals surface area contributed by atoms with Gasteiger partial charge in [0.05, 0.1) is 0 Å². The van der Waals surface area contributed by atoms with Crippen molar-refractivity contribution >= 4 is 15.9 Å². The second kappa shape index (κ2) is 10.8. The smallest absolute Gasteiger partial charge is 0.279 e. The predicted octanol–water partition coefficient (Wildman–Crippen LogP) is 3.00. The second-order valence-corrected chi connectivity index (χ2v) is 10.4. The highest BCUT2D eigenvalue weighted by Gasteiger charge is 2.27. The molecule has 3 rings (SSSR count). The monoisotopic (exact) mass is 422 g/mol. The molecule has 0 unspecified atom stereocenters. The van der Waals surface area contributed by atoms with Gasteiger partial charge >= 0.3 is 0 Å². The zero-order chi connectivity index (χ0) is 20.7. The van der Waals surface area contributed by atoms with E-state index in [9.17, 15) is 8.42 Å². The number of unbranched alkanes of at least 4 members (excludes halogenated alkanes) is 1. The lowest BCUT2D eigenvalue weighted by Gasteiger charge is -2.36. The largest absolute Gasteiger partial charge is 0.369 e. The molecule has 0 amide bonds. The summed E-state index contributed by atoms with van der Waals surface area (Å²) >= 11 is 0. The zero-order valence-corrected chi connectivity index (χ0v) is 19.0. The number of hydrogen-bond acceptors (Lipinski definition) is 4. The van der Waals surface area contributed by atoms with E-state index < -0.39 is 10.2 Å². The molecule has 1 saturated carbocycles. The van der Waals surface area contributed by atoms with Gasteiger partial charge in [0.1, 0.15) is 0 Å². The average molecular weight is 423 g/mol. The third-order valence-electron chi connectivity index (χ3n) is 6.39. The minimum absolute atomic E-state index is 0.172. The van der Waals surface area contributed by atoms with E-state index in [2.05, 4.69) is 45.7 Å². The Kier molecular flexibility index (Phi) is 8.35. The third kappa shape index (κ3) is 6.67. The van der Waals surface area contributed by atoms with Gasteiger partial charge in [-0.3, -0.25) is 4.90 Å². The van der Waals surface area contributed by atoms with Gasteiger partial charge in [0, 0.05) is 51.5 Å². The Hall–Kier alpha value is -1.15. The van der Waals surface area contributed by atoms with Crippen LogP contribution in [0.1, 0.15) is 50.5 Å². The Morgan fingerprint density at radius 2 is 1.79 bits per heavy atom. The van der Waals surface area contributed by atoms with E-state index >= 15 is 0 Å². The minimum atomic E-state index is -3.34. The maximum Gasteiger partial charge on any atom is 0.279 e. The Morgan fingerprint density at radius 1 is 1.07 bits per heavy atom. The highest BCUT2D eigenvalue weighted by molar-refractivity contribution is 7.87. The molecule has 0 spiro atoms. The Morgan fingerprint density at radius 3 is 2.48 bits per heavy atom. The minimum Gasteiger partial charge on any atom is -0.369 e. The molecule has 0 radical (unpaired) electrons. The molecule has 6 nitrogen and oxygen atoms in total. The number of benzene rings is 1. The third-order valence-corrected chi connectivity index (χ3v) is 8.02. The summed E-state index contributed by atoms with van der Waals surface area (Å²) < 4.78 is 29.3. The molecule has 1 N–H and O–H groups in total. The van der Waals surface area contributed by atoms with Gasteiger partial charge in [-0.05, 0) is 56.8 Å². The molecule has 0 atom stereocenters. The molecule has 1 aliphatic heterocycles. The van der Waals surface area contributed by atoms with E-state index in [1.807, 2.05) is 0 Å². The molecule has 7 heteroatoms. The van der Waals surface area contributed by atoms with E-state index in [1.54, 1.807) is 11.4 Å². The fraction of sp³-hybridized carbons (Fsp3) is 0.727. The van der Waals surface area contributed by atoms with Gasteiger partial charge < -0.3 is 4.90 Å². The Balaban J connectivity index is 1.31. The normalized spacial score (nSPS) is 19.8. The fourth-order valence-corrected chi connectivity index (χ4v) is 5.67. The SMILES string of the molecule is Cc1cccc(N2CCN(CCCCNS(=O)(=O)N(C)C3CCCCC3)CC2)c1. The van der Waals surface area contributed by atoms with E-state index in [-0.39, 0.29) is 6.04 Å². The van der Waals surface area contributed by atoms with Crippen LogP contribution in [0.15, 0.2) is 24.3 Å². The topological polar surface area (TPSA) is 55.9 Å². The van der Waals surface area contributed by atoms with Gasteiger partial charge in [0.25, 0.3) is 10.2 Å². The average Bonchev–Trinajstić information content (AvgIpc) is 2.74. The Bertz CT molecular complexity index is 726. The quantitative estimate of drug-likeness (QED) is 0.622. The van der Waals surface area contributed by atoms with Crippen LogP contribution in [0, 0.1) is 6.92 Å². The molecule has 29 heavy (non-hydrogen) atoms. The van der Waals surface area contributed by atoms with Crippen molar-refractivity contribution in [1.29, 1.82) is 0 Å². The summed E-state index contributed by atoms with van der Waals surface area (Å²) in [7, 11) is -1.62. The van der Waals surface area contributed by atoms with Crippen LogP contribution in [-0.2, 0) is 10.2 Å². The van der Waals surface area contributed by atoms with Crippen LogP contribution in [0.2, 0.25) is 0 Å². The van der Waals surface area contributed by atoms with Crippen LogP contribution in [0.25, 0.3) is 0 Å². The summed E-state index contributed by atoms with van der Waals surface area (Å²) in [5.74, 6) is 0. The van der Waals surface area contributed by atoms with E-state index in [4.69, 9.17) is 0 Å². The lowest BCUT2D eigenvalue weighted by molar-refractivity contribution is 0.253. The van der Waals surface area contributed by atoms with Crippen molar-refractivity contribution in [3.63, 3.8) is 0 Å². The van der Waals surface area contributed by atoms with Crippen molar-refractivity contribution in [2.45, 2.75) is 57.9 Å². The van der Waals surface area contributed by atoms with Gasteiger partial charge in [-0.2, -0.15) is 12.7 Å². The van der Waals surface area contributed by atoms with Crippen molar-refractivity contribution in [3.05, 3.63) is 29.8 Å². The zero-order valence-electron chi connectivity index (χ0n) is 18.1. The molecular formula is C22H38N4O2S. The van der Waals surface area contributed by atoms with Crippen molar-refractivity contribution in [1.82, 2.24) is 13.9 Å². The number of rotatable bonds is 9. The molecule has 164 valence electrons. The first-order chi connectivity index (χ1) is 14.0. The van der Waals surface area contributed by atoms with Crippen LogP contribution in [0.5, 0.6) is 0 Å². The summed E-state index contributed by atoms with van der Waals surface area (Å²) in [5.41, 5.74) is 2.63. The van der Waals surface area contributed by atoms with Gasteiger partial charge in [-0.15, -0.1) is 0 Å². The summed E-state index contributed by atoms with van der Waals surface area (Å²) in [6.45, 7) is 7.98. The van der Waals surface area contributed by atoms with Gasteiger partial charge in [-0.25, -0.2) is 4.72 Å². The van der Waals surface area contributed by atoms with E-state index in [0.717, 1.165) is 71.2 Å². The highest BCUT2D eigenvalue weighted by atomic mass is 32.2. The molecule has 0 aromatic heterocycles. The first-order valence-corrected chi connectivity index (χ1v) is 12.7. The van der Waals surface area contributed by atoms with Crippen LogP contribution in [-0.4, -0.2) is 70.0 Å². The lowest BCUT2D eigenvalue weighted by atomic mass is 9.96. The fourth-order valence-electron chi connectivity index (χ4n) is 4.46. The number of nitrogens with zero attached hydrogens (tertiary/aromatic N) is 3. The molecule has 2 fully saturated rings. The van der Waals surface area contributed by atoms with Crippen molar-refractivity contribution in [2.24, 2.45) is 0 Å². The summed E-state index contributed by atoms with van der Waals surface area (Å²) in [6, 6.07) is 8.89. The van der Waals surface area contributed by atoms with Gasteiger partial charge in [0.15, 0.2) is 0 Å². The maximum atomic E-state index is 12.5. The number of nitrogens with one attached hydrogen (secondary N) is 1. The summed E-state index contributed by atoms with van der Waals surface area (Å²) in [6.07, 6.45) is 7.41.